The van der Waals surface area contributed by atoms with E-state index in [1.54, 1.807) is 0 Å². The van der Waals surface area contributed by atoms with Crippen LogP contribution in [0.15, 0.2) is 33.7 Å². The highest BCUT2D eigenvalue weighted by atomic mass is 79.9. The summed E-state index contributed by atoms with van der Waals surface area (Å²) in [4.78, 5) is 4.61. The molecule has 128 valence electrons. The molecule has 1 atom stereocenters. The lowest BCUT2D eigenvalue weighted by Gasteiger charge is -2.13. The first-order valence-electron chi connectivity index (χ1n) is 8.24. The van der Waals surface area contributed by atoms with Gasteiger partial charge in [0.05, 0.1) is 19.3 Å². The van der Waals surface area contributed by atoms with Crippen LogP contribution in [0.1, 0.15) is 25.3 Å². The van der Waals surface area contributed by atoms with E-state index in [0.29, 0.717) is 6.54 Å². The summed E-state index contributed by atoms with van der Waals surface area (Å²) in [6.07, 6.45) is 2.26. The Hall–Kier alpha value is -1.11. The summed E-state index contributed by atoms with van der Waals surface area (Å²) in [6.45, 7) is 6.76. The second-order valence-corrected chi connectivity index (χ2v) is 6.37. The molecular weight excluding hydrogens is 358 g/mol. The average molecular weight is 384 g/mol. The van der Waals surface area contributed by atoms with E-state index in [1.807, 2.05) is 12.1 Å². The van der Waals surface area contributed by atoms with Gasteiger partial charge in [-0.15, -0.1) is 0 Å². The van der Waals surface area contributed by atoms with E-state index in [4.69, 9.17) is 9.47 Å². The van der Waals surface area contributed by atoms with E-state index in [1.165, 1.54) is 5.56 Å². The number of halogens is 1. The number of guanidine groups is 1. The average Bonchev–Trinajstić information content (AvgIpc) is 3.07. The fraction of sp³-hybridized carbons (Fsp3) is 0.588. The van der Waals surface area contributed by atoms with Crippen LogP contribution >= 0.6 is 15.9 Å². The molecule has 1 heterocycles. The van der Waals surface area contributed by atoms with Crippen LogP contribution in [0.2, 0.25) is 0 Å². The monoisotopic (exact) mass is 383 g/mol. The van der Waals surface area contributed by atoms with Crippen LogP contribution in [0.5, 0.6) is 0 Å². The first kappa shape index (κ1) is 18.2. The number of rotatable bonds is 8. The molecule has 0 bridgehead atoms. The number of nitrogens with one attached hydrogen (secondary N) is 2. The van der Waals surface area contributed by atoms with Crippen molar-refractivity contribution in [1.82, 2.24) is 10.6 Å². The molecule has 1 saturated heterocycles. The van der Waals surface area contributed by atoms with Gasteiger partial charge in [-0.05, 0) is 37.5 Å². The van der Waals surface area contributed by atoms with Crippen LogP contribution in [0.4, 0.5) is 0 Å². The summed E-state index contributed by atoms with van der Waals surface area (Å²) in [5.41, 5.74) is 1.19. The Kier molecular flexibility index (Phi) is 8.42. The molecule has 0 saturated carbocycles. The van der Waals surface area contributed by atoms with Crippen molar-refractivity contribution in [2.24, 2.45) is 4.99 Å². The van der Waals surface area contributed by atoms with Crippen LogP contribution in [0.3, 0.4) is 0 Å². The number of aliphatic imine (C=N–C) groups is 1. The maximum absolute atomic E-state index is 5.76. The summed E-state index contributed by atoms with van der Waals surface area (Å²) < 4.78 is 12.1. The first-order chi connectivity index (χ1) is 11.3. The molecule has 23 heavy (non-hydrogen) atoms. The quantitative estimate of drug-likeness (QED) is 0.411. The van der Waals surface area contributed by atoms with Crippen molar-refractivity contribution in [2.45, 2.75) is 32.4 Å². The van der Waals surface area contributed by atoms with Crippen molar-refractivity contribution in [3.05, 3.63) is 34.3 Å². The Morgan fingerprint density at radius 3 is 2.87 bits per heavy atom. The first-order valence-corrected chi connectivity index (χ1v) is 9.03. The lowest BCUT2D eigenvalue weighted by Crippen LogP contribution is -2.38. The number of ether oxygens (including phenoxy) is 2. The summed E-state index contributed by atoms with van der Waals surface area (Å²) in [5.74, 6) is 0.847. The van der Waals surface area contributed by atoms with Gasteiger partial charge in [-0.1, -0.05) is 28.1 Å². The molecule has 0 aliphatic carbocycles. The Balaban J connectivity index is 1.67. The van der Waals surface area contributed by atoms with Crippen molar-refractivity contribution in [2.75, 3.05) is 32.9 Å². The Labute approximate surface area is 147 Å². The van der Waals surface area contributed by atoms with Gasteiger partial charge in [-0.25, -0.2) is 4.99 Å². The third-order valence-corrected chi connectivity index (χ3v) is 4.06. The van der Waals surface area contributed by atoms with Crippen LogP contribution in [-0.4, -0.2) is 45.0 Å². The topological polar surface area (TPSA) is 54.9 Å². The third-order valence-electron chi connectivity index (χ3n) is 3.53. The lowest BCUT2D eigenvalue weighted by atomic mass is 10.2. The minimum absolute atomic E-state index is 0.286. The van der Waals surface area contributed by atoms with E-state index in [-0.39, 0.29) is 6.10 Å². The van der Waals surface area contributed by atoms with Crippen LogP contribution in [-0.2, 0) is 16.0 Å². The smallest absolute Gasteiger partial charge is 0.191 e. The predicted molar refractivity (Wildman–Crippen MR) is 96.8 cm³/mol. The number of nitrogens with zero attached hydrogens (tertiary/aromatic N) is 1. The summed E-state index contributed by atoms with van der Waals surface area (Å²) in [5, 5.41) is 6.61. The fourth-order valence-corrected chi connectivity index (χ4v) is 2.54. The molecule has 2 rings (SSSR count). The number of hydrogen-bond donors (Lipinski definition) is 2. The van der Waals surface area contributed by atoms with Gasteiger partial charge in [0.15, 0.2) is 5.96 Å². The SMILES string of the molecule is CCNC(=NCc1ccc(Br)cc1)NCCCOC1CCOC1. The van der Waals surface area contributed by atoms with Gasteiger partial charge in [-0.2, -0.15) is 0 Å². The predicted octanol–water partition coefficient (Wildman–Crippen LogP) is 2.70. The van der Waals surface area contributed by atoms with Crippen molar-refractivity contribution in [3.8, 4) is 0 Å². The highest BCUT2D eigenvalue weighted by Crippen LogP contribution is 2.11. The fourth-order valence-electron chi connectivity index (χ4n) is 2.28. The van der Waals surface area contributed by atoms with Gasteiger partial charge in [0.25, 0.3) is 0 Å². The molecule has 6 heteroatoms. The standard InChI is InChI=1S/C17H26BrN3O2/c1-2-19-17(21-12-14-4-6-15(18)7-5-14)20-9-3-10-23-16-8-11-22-13-16/h4-7,16H,2-3,8-13H2,1H3,(H2,19,20,21). The minimum atomic E-state index is 0.286. The molecule has 1 aromatic carbocycles. The summed E-state index contributed by atoms with van der Waals surface area (Å²) in [7, 11) is 0. The van der Waals surface area contributed by atoms with E-state index in [0.717, 1.165) is 56.2 Å². The normalized spacial score (nSPS) is 18.2. The van der Waals surface area contributed by atoms with Gasteiger partial charge in [-0.3, -0.25) is 0 Å². The maximum Gasteiger partial charge on any atom is 0.191 e. The minimum Gasteiger partial charge on any atom is -0.379 e. The van der Waals surface area contributed by atoms with Crippen LogP contribution in [0, 0.1) is 0 Å². The Morgan fingerprint density at radius 2 is 2.17 bits per heavy atom. The van der Waals surface area contributed by atoms with Crippen LogP contribution < -0.4 is 10.6 Å². The third kappa shape index (κ3) is 7.33. The molecule has 0 spiro atoms. The van der Waals surface area contributed by atoms with E-state index in [2.05, 4.69) is 50.6 Å². The van der Waals surface area contributed by atoms with Gasteiger partial charge < -0.3 is 20.1 Å². The zero-order valence-corrected chi connectivity index (χ0v) is 15.3. The number of benzene rings is 1. The molecule has 1 aromatic rings. The zero-order valence-electron chi connectivity index (χ0n) is 13.7. The molecule has 0 amide bonds. The van der Waals surface area contributed by atoms with Crippen molar-refractivity contribution < 1.29 is 9.47 Å². The van der Waals surface area contributed by atoms with Gasteiger partial charge in [0, 0.05) is 30.8 Å². The maximum atomic E-state index is 5.76. The Bertz CT molecular complexity index is 473. The molecule has 0 aromatic heterocycles. The van der Waals surface area contributed by atoms with Gasteiger partial charge >= 0.3 is 0 Å². The zero-order chi connectivity index (χ0) is 16.3. The largest absolute Gasteiger partial charge is 0.379 e. The second-order valence-electron chi connectivity index (χ2n) is 5.46. The summed E-state index contributed by atoms with van der Waals surface area (Å²) in [6, 6.07) is 8.23. The molecule has 1 aliphatic heterocycles. The molecular formula is C17H26BrN3O2. The Morgan fingerprint density at radius 1 is 1.35 bits per heavy atom. The van der Waals surface area contributed by atoms with E-state index >= 15 is 0 Å². The molecule has 1 unspecified atom stereocenters. The summed E-state index contributed by atoms with van der Waals surface area (Å²) >= 11 is 3.44. The molecule has 1 aliphatic rings. The number of hydrogen-bond acceptors (Lipinski definition) is 3. The molecule has 1 fully saturated rings. The van der Waals surface area contributed by atoms with E-state index < -0.39 is 0 Å². The van der Waals surface area contributed by atoms with Crippen molar-refractivity contribution in [1.29, 1.82) is 0 Å². The van der Waals surface area contributed by atoms with Gasteiger partial charge in [0.2, 0.25) is 0 Å². The molecule has 0 radical (unpaired) electrons. The van der Waals surface area contributed by atoms with Gasteiger partial charge in [0.1, 0.15) is 0 Å². The molecule has 5 nitrogen and oxygen atoms in total. The second kappa shape index (κ2) is 10.6. The highest BCUT2D eigenvalue weighted by Gasteiger charge is 2.15. The van der Waals surface area contributed by atoms with Crippen molar-refractivity contribution >= 4 is 21.9 Å². The lowest BCUT2D eigenvalue weighted by molar-refractivity contribution is 0.0420. The highest BCUT2D eigenvalue weighted by molar-refractivity contribution is 9.10. The van der Waals surface area contributed by atoms with E-state index in [9.17, 15) is 0 Å². The van der Waals surface area contributed by atoms with Crippen LogP contribution in [0.25, 0.3) is 0 Å². The molecule has 2 N–H and O–H groups in total. The van der Waals surface area contributed by atoms with Crippen molar-refractivity contribution in [3.63, 3.8) is 0 Å².